The minimum absolute atomic E-state index is 0.237. The Kier molecular flexibility index (Phi) is 12.5. The van der Waals surface area contributed by atoms with E-state index in [4.69, 9.17) is 4.74 Å². The Bertz CT molecular complexity index is 1190. The molecule has 2 aromatic rings. The van der Waals surface area contributed by atoms with E-state index in [9.17, 15) is 10.4 Å². The summed E-state index contributed by atoms with van der Waals surface area (Å²) in [5.41, 5.74) is 1.23. The van der Waals surface area contributed by atoms with E-state index in [1.54, 1.807) is 18.3 Å². The summed E-state index contributed by atoms with van der Waals surface area (Å²) >= 11 is 0. The minimum Gasteiger partial charge on any atom is -0.508 e. The second-order valence-corrected chi connectivity index (χ2v) is 13.5. The number of hydrogen-bond donors (Lipinski definition) is 5. The molecule has 240 valence electrons. The van der Waals surface area contributed by atoms with Crippen molar-refractivity contribution in [2.75, 3.05) is 43.5 Å². The largest absolute Gasteiger partial charge is 0.508 e. The van der Waals surface area contributed by atoms with Gasteiger partial charge >= 0.3 is 0 Å². The summed E-state index contributed by atoms with van der Waals surface area (Å²) in [7, 11) is 0. The Morgan fingerprint density at radius 1 is 0.886 bits per heavy atom. The number of phenolic OH excluding ortho intramolecular Hbond substituents is 1. The Morgan fingerprint density at radius 3 is 2.34 bits per heavy atom. The number of nitrogens with zero attached hydrogens (tertiary/aromatic N) is 3. The van der Waals surface area contributed by atoms with E-state index in [-0.39, 0.29) is 5.75 Å². The minimum atomic E-state index is 0.237. The first kappa shape index (κ1) is 32.5. The molecule has 0 spiro atoms. The molecule has 3 fully saturated rings. The first-order valence-corrected chi connectivity index (χ1v) is 17.2. The highest BCUT2D eigenvalue weighted by molar-refractivity contribution is 5.53. The van der Waals surface area contributed by atoms with E-state index in [1.165, 1.54) is 57.8 Å². The van der Waals surface area contributed by atoms with Crippen LogP contribution < -0.4 is 21.3 Å². The maximum atomic E-state index is 10.1. The highest BCUT2D eigenvalue weighted by Crippen LogP contribution is 2.36. The maximum Gasteiger partial charge on any atom is 0.224 e. The van der Waals surface area contributed by atoms with Gasteiger partial charge in [-0.1, -0.05) is 38.0 Å². The number of phenols is 1. The molecule has 2 saturated carbocycles. The normalized spacial score (nSPS) is 26.1. The molecule has 1 saturated heterocycles. The molecular weight excluding hydrogens is 550 g/mol. The van der Waals surface area contributed by atoms with Gasteiger partial charge < -0.3 is 31.1 Å². The zero-order valence-corrected chi connectivity index (χ0v) is 26.6. The van der Waals surface area contributed by atoms with Crippen LogP contribution in [0.5, 0.6) is 5.75 Å². The van der Waals surface area contributed by atoms with Gasteiger partial charge in [0.15, 0.2) is 0 Å². The monoisotopic (exact) mass is 603 g/mol. The molecule has 1 aromatic carbocycles. The van der Waals surface area contributed by atoms with Gasteiger partial charge in [0.05, 0.1) is 6.20 Å². The molecule has 1 unspecified atom stereocenters. The number of para-hydroxylation sites is 1. The number of ether oxygens (including phenoxy) is 1. The molecule has 0 amide bonds. The van der Waals surface area contributed by atoms with Gasteiger partial charge in [0.25, 0.3) is 0 Å². The molecule has 3 aliphatic rings. The molecular formula is C35H53N7O2. The van der Waals surface area contributed by atoms with E-state index >= 15 is 0 Å². The van der Waals surface area contributed by atoms with Gasteiger partial charge in [-0.25, -0.2) is 4.98 Å². The van der Waals surface area contributed by atoms with Crippen LogP contribution in [0.3, 0.4) is 0 Å². The van der Waals surface area contributed by atoms with Crippen LogP contribution in [-0.2, 0) is 11.3 Å². The van der Waals surface area contributed by atoms with Crippen molar-refractivity contribution in [3.8, 4) is 11.8 Å². The molecule has 44 heavy (non-hydrogen) atoms. The molecule has 0 bridgehead atoms. The summed E-state index contributed by atoms with van der Waals surface area (Å²) in [6.45, 7) is 7.59. The third-order valence-electron chi connectivity index (χ3n) is 10.00. The van der Waals surface area contributed by atoms with Crippen LogP contribution in [0, 0.1) is 35.0 Å². The van der Waals surface area contributed by atoms with Crippen LogP contribution in [0.15, 0.2) is 30.5 Å². The SMILES string of the molecule is CCCC1C[C@@H](CNC[C@H]2CC[C@@H](NC3CCOCC3)CC2)C[C@H](CNc2nc(NCc3ccccc3O)ncc2C#N)C1. The molecule has 1 aliphatic heterocycles. The molecule has 9 heteroatoms. The maximum absolute atomic E-state index is 10.1. The van der Waals surface area contributed by atoms with Crippen molar-refractivity contribution < 1.29 is 9.84 Å². The topological polar surface area (TPSA) is 127 Å². The lowest BCUT2D eigenvalue weighted by Gasteiger charge is -2.36. The highest BCUT2D eigenvalue weighted by Gasteiger charge is 2.29. The lowest BCUT2D eigenvalue weighted by atomic mass is 9.73. The van der Waals surface area contributed by atoms with Crippen LogP contribution in [-0.4, -0.2) is 60.0 Å². The highest BCUT2D eigenvalue weighted by atomic mass is 16.5. The van der Waals surface area contributed by atoms with Gasteiger partial charge in [-0.15, -0.1) is 0 Å². The van der Waals surface area contributed by atoms with Crippen LogP contribution >= 0.6 is 0 Å². The van der Waals surface area contributed by atoms with Crippen molar-refractivity contribution >= 4 is 11.8 Å². The summed E-state index contributed by atoms with van der Waals surface area (Å²) in [5.74, 6) is 4.06. The molecule has 9 nitrogen and oxygen atoms in total. The van der Waals surface area contributed by atoms with Crippen molar-refractivity contribution in [3.63, 3.8) is 0 Å². The quantitative estimate of drug-likeness (QED) is 0.181. The average molecular weight is 604 g/mol. The van der Waals surface area contributed by atoms with Crippen LogP contribution in [0.4, 0.5) is 11.8 Å². The Hall–Kier alpha value is -2.93. The van der Waals surface area contributed by atoms with Crippen LogP contribution in [0.1, 0.15) is 88.7 Å². The fourth-order valence-corrected chi connectivity index (χ4v) is 7.66. The van der Waals surface area contributed by atoms with E-state index in [0.717, 1.165) is 63.1 Å². The van der Waals surface area contributed by atoms with Gasteiger partial charge in [0.1, 0.15) is 23.2 Å². The zero-order valence-electron chi connectivity index (χ0n) is 26.6. The van der Waals surface area contributed by atoms with Gasteiger partial charge in [0.2, 0.25) is 5.95 Å². The third kappa shape index (κ3) is 9.79. The van der Waals surface area contributed by atoms with Crippen molar-refractivity contribution in [1.82, 2.24) is 20.6 Å². The number of nitrogens with one attached hydrogen (secondary N) is 4. The number of aromatic nitrogens is 2. The number of aromatic hydroxyl groups is 1. The molecule has 0 radical (unpaired) electrons. The first-order chi connectivity index (χ1) is 21.6. The summed E-state index contributed by atoms with van der Waals surface area (Å²) in [6, 6.07) is 10.8. The van der Waals surface area contributed by atoms with Crippen molar-refractivity contribution in [1.29, 1.82) is 5.26 Å². The molecule has 5 rings (SSSR count). The number of rotatable bonds is 14. The second-order valence-electron chi connectivity index (χ2n) is 13.5. The van der Waals surface area contributed by atoms with E-state index in [1.807, 2.05) is 12.1 Å². The van der Waals surface area contributed by atoms with Gasteiger partial charge in [-0.3, -0.25) is 0 Å². The molecule has 5 N–H and O–H groups in total. The van der Waals surface area contributed by atoms with E-state index < -0.39 is 0 Å². The van der Waals surface area contributed by atoms with Gasteiger partial charge in [0, 0.05) is 44.0 Å². The van der Waals surface area contributed by atoms with Gasteiger partial charge in [-0.05, 0) is 101 Å². The average Bonchev–Trinajstić information content (AvgIpc) is 3.05. The van der Waals surface area contributed by atoms with Crippen LogP contribution in [0.25, 0.3) is 0 Å². The number of anilines is 2. The lowest BCUT2D eigenvalue weighted by molar-refractivity contribution is 0.0722. The van der Waals surface area contributed by atoms with E-state index in [2.05, 4.69) is 44.2 Å². The first-order valence-electron chi connectivity index (χ1n) is 17.2. The Morgan fingerprint density at radius 2 is 1.59 bits per heavy atom. The van der Waals surface area contributed by atoms with Crippen molar-refractivity contribution in [3.05, 3.63) is 41.6 Å². The molecule has 2 heterocycles. The predicted octanol–water partition coefficient (Wildman–Crippen LogP) is 5.83. The summed E-state index contributed by atoms with van der Waals surface area (Å²) in [5, 5.41) is 34.3. The fraction of sp³-hybridized carbons (Fsp3) is 0.686. The summed E-state index contributed by atoms with van der Waals surface area (Å²) in [4.78, 5) is 8.94. The molecule has 1 aromatic heterocycles. The third-order valence-corrected chi connectivity index (χ3v) is 10.00. The molecule has 2 aliphatic carbocycles. The number of benzene rings is 1. The standard InChI is InChI=1S/C35H53N7O2/c1-2-5-26-16-27(21-37-20-25-8-10-31(11-9-25)41-32-12-14-44-15-13-32)18-28(17-26)22-38-34-30(19-36)24-40-35(42-34)39-23-29-6-3-4-7-33(29)43/h3-4,6-7,24-28,31-32,37,41,43H,2,5,8-18,20-23H2,1H3,(H2,38,39,40,42)/t25-,26?,27-,28-,31+/m1/s1. The second kappa shape index (κ2) is 17.0. The predicted molar refractivity (Wildman–Crippen MR) is 175 cm³/mol. The van der Waals surface area contributed by atoms with Crippen molar-refractivity contribution in [2.45, 2.75) is 96.2 Å². The molecule has 3 atom stereocenters. The Labute approximate surface area is 264 Å². The number of nitriles is 1. The lowest BCUT2D eigenvalue weighted by Crippen LogP contribution is -2.44. The van der Waals surface area contributed by atoms with Crippen LogP contribution in [0.2, 0.25) is 0 Å². The summed E-state index contributed by atoms with van der Waals surface area (Å²) in [6.07, 6.45) is 15.4. The Balaban J connectivity index is 1.07. The van der Waals surface area contributed by atoms with E-state index in [0.29, 0.717) is 47.8 Å². The van der Waals surface area contributed by atoms with Crippen molar-refractivity contribution in [2.24, 2.45) is 23.7 Å². The van der Waals surface area contributed by atoms with Gasteiger partial charge in [-0.2, -0.15) is 10.2 Å². The summed E-state index contributed by atoms with van der Waals surface area (Å²) < 4.78 is 5.52. The smallest absolute Gasteiger partial charge is 0.224 e. The zero-order chi connectivity index (χ0) is 30.6. The fourth-order valence-electron chi connectivity index (χ4n) is 7.66. The number of hydrogen-bond acceptors (Lipinski definition) is 9.